The minimum atomic E-state index is -4.46. The van der Waals surface area contributed by atoms with Gasteiger partial charge < -0.3 is 28.9 Å². The number of likely N-dealkylation sites (tertiary alicyclic amines) is 2. The molecule has 1 aromatic heterocycles. The fraction of sp³-hybridized carbons (Fsp3) is 0.600. The van der Waals surface area contributed by atoms with Crippen LogP contribution >= 0.6 is 11.6 Å². The molecular weight excluding hydrogens is 513 g/mol. The Kier molecular flexibility index (Phi) is 6.50. The van der Waals surface area contributed by atoms with Crippen molar-refractivity contribution in [1.29, 1.82) is 0 Å². The number of fused-ring (bicyclic) bond motifs is 1. The number of oxime groups is 1. The molecule has 0 aliphatic carbocycles. The third-order valence-corrected chi connectivity index (χ3v) is 7.96. The van der Waals surface area contributed by atoms with Gasteiger partial charge in [0.05, 0.1) is 22.3 Å². The Morgan fingerprint density at radius 1 is 1.27 bits per heavy atom. The minimum absolute atomic E-state index is 0.119. The molecule has 0 bridgehead atoms. The van der Waals surface area contributed by atoms with Crippen molar-refractivity contribution in [2.75, 3.05) is 32.8 Å². The topological polar surface area (TPSA) is 82.4 Å². The molecule has 0 atom stereocenters. The molecule has 0 saturated carbocycles. The molecule has 1 aromatic carbocycles. The third kappa shape index (κ3) is 5.07. The maximum Gasteiger partial charge on any atom is 0.422 e. The third-order valence-electron chi connectivity index (χ3n) is 7.67. The number of carboxylic acids is 1. The van der Waals surface area contributed by atoms with Gasteiger partial charge in [0.25, 0.3) is 0 Å². The lowest BCUT2D eigenvalue weighted by atomic mass is 9.80. The van der Waals surface area contributed by atoms with E-state index in [4.69, 9.17) is 21.2 Å². The Morgan fingerprint density at radius 2 is 1.97 bits per heavy atom. The van der Waals surface area contributed by atoms with Crippen LogP contribution in [0.15, 0.2) is 23.5 Å². The van der Waals surface area contributed by atoms with Gasteiger partial charge in [-0.05, 0) is 37.5 Å². The number of ether oxygens (including phenoxy) is 1. The van der Waals surface area contributed by atoms with Crippen molar-refractivity contribution < 1.29 is 32.6 Å². The highest BCUT2D eigenvalue weighted by Gasteiger charge is 2.51. The summed E-state index contributed by atoms with van der Waals surface area (Å²) in [5.74, 6) is -0.0603. The number of hydrogen-bond donors (Lipinski definition) is 0. The normalized spacial score (nSPS) is 21.1. The Balaban J connectivity index is 1.23. The average Bonchev–Trinajstić information content (AvgIpc) is 3.39. The number of alkyl halides is 3. The fourth-order valence-electron chi connectivity index (χ4n) is 5.46. The van der Waals surface area contributed by atoms with Crippen LogP contribution in [0.1, 0.15) is 38.7 Å². The summed E-state index contributed by atoms with van der Waals surface area (Å²) in [7, 11) is 0. The van der Waals surface area contributed by atoms with E-state index < -0.39 is 29.8 Å². The zero-order valence-electron chi connectivity index (χ0n) is 20.7. The van der Waals surface area contributed by atoms with Gasteiger partial charge in [-0.3, -0.25) is 4.90 Å². The largest absolute Gasteiger partial charge is 0.550 e. The van der Waals surface area contributed by atoms with E-state index in [2.05, 4.69) is 15.0 Å². The van der Waals surface area contributed by atoms with Gasteiger partial charge in [0, 0.05) is 56.8 Å². The SMILES string of the molecule is CCn1cc(Cl)c2c(OCC(F)(F)F)cc(CN3CC4(CC(N5CCC(C)(C(=O)[O-])CC5)=NO4)C3)cc21. The van der Waals surface area contributed by atoms with E-state index in [0.717, 1.165) is 16.9 Å². The van der Waals surface area contributed by atoms with Gasteiger partial charge in [-0.1, -0.05) is 23.7 Å². The molecular formula is C25H29ClF3N4O4-. The molecule has 12 heteroatoms. The number of piperidine rings is 1. The Bertz CT molecular complexity index is 1230. The number of aliphatic carboxylic acids is 1. The summed E-state index contributed by atoms with van der Waals surface area (Å²) in [5.41, 5.74) is 0.305. The first-order valence-corrected chi connectivity index (χ1v) is 12.7. The summed E-state index contributed by atoms with van der Waals surface area (Å²) >= 11 is 6.34. The van der Waals surface area contributed by atoms with Crippen molar-refractivity contribution in [2.45, 2.75) is 58.0 Å². The van der Waals surface area contributed by atoms with Crippen LogP contribution in [-0.4, -0.2) is 70.7 Å². The van der Waals surface area contributed by atoms with E-state index in [1.165, 1.54) is 0 Å². The molecule has 0 unspecified atom stereocenters. The van der Waals surface area contributed by atoms with E-state index in [1.54, 1.807) is 19.2 Å². The second-order valence-electron chi connectivity index (χ2n) is 10.6. The lowest BCUT2D eigenvalue weighted by Crippen LogP contribution is -2.61. The molecule has 0 amide bonds. The molecule has 202 valence electrons. The highest BCUT2D eigenvalue weighted by atomic mass is 35.5. The zero-order chi connectivity index (χ0) is 26.6. The molecule has 5 rings (SSSR count). The molecule has 2 aromatic rings. The number of amidine groups is 1. The molecule has 1 spiro atoms. The van der Waals surface area contributed by atoms with Gasteiger partial charge in [0.2, 0.25) is 0 Å². The summed E-state index contributed by atoms with van der Waals surface area (Å²) in [5, 5.41) is 16.5. The van der Waals surface area contributed by atoms with Gasteiger partial charge >= 0.3 is 6.18 Å². The smallest absolute Gasteiger partial charge is 0.422 e. The van der Waals surface area contributed by atoms with Crippen molar-refractivity contribution in [3.05, 3.63) is 28.9 Å². The number of aryl methyl sites for hydroxylation is 1. The Morgan fingerprint density at radius 3 is 2.59 bits per heavy atom. The lowest BCUT2D eigenvalue weighted by molar-refractivity contribution is -0.320. The number of carbonyl (C=O) groups is 1. The van der Waals surface area contributed by atoms with Gasteiger partial charge in [-0.25, -0.2) is 0 Å². The van der Waals surface area contributed by atoms with Crippen LogP contribution in [0.25, 0.3) is 10.9 Å². The van der Waals surface area contributed by atoms with Crippen molar-refractivity contribution in [1.82, 2.24) is 14.4 Å². The number of hydrogen-bond acceptors (Lipinski definition) is 7. The van der Waals surface area contributed by atoms with E-state index >= 15 is 0 Å². The second kappa shape index (κ2) is 9.27. The summed E-state index contributed by atoms with van der Waals surface area (Å²) in [6.07, 6.45) is -1.12. The van der Waals surface area contributed by atoms with E-state index in [9.17, 15) is 23.1 Å². The van der Waals surface area contributed by atoms with Crippen LogP contribution in [0, 0.1) is 5.41 Å². The molecule has 4 heterocycles. The van der Waals surface area contributed by atoms with Gasteiger partial charge in [-0.2, -0.15) is 13.2 Å². The maximum absolute atomic E-state index is 12.9. The predicted molar refractivity (Wildman–Crippen MR) is 129 cm³/mol. The van der Waals surface area contributed by atoms with Crippen LogP contribution in [0.4, 0.5) is 13.2 Å². The predicted octanol–water partition coefficient (Wildman–Crippen LogP) is 3.40. The summed E-state index contributed by atoms with van der Waals surface area (Å²) < 4.78 is 45.7. The van der Waals surface area contributed by atoms with Crippen molar-refractivity contribution in [3.8, 4) is 5.75 Å². The van der Waals surface area contributed by atoms with Crippen LogP contribution in [0.3, 0.4) is 0 Å². The molecule has 8 nitrogen and oxygen atoms in total. The number of halogens is 4. The average molecular weight is 542 g/mol. The summed E-state index contributed by atoms with van der Waals surface area (Å²) in [4.78, 5) is 21.5. The van der Waals surface area contributed by atoms with Crippen molar-refractivity contribution in [3.63, 3.8) is 0 Å². The van der Waals surface area contributed by atoms with Crippen LogP contribution in [-0.2, 0) is 22.7 Å². The molecule has 37 heavy (non-hydrogen) atoms. The van der Waals surface area contributed by atoms with Crippen LogP contribution in [0.5, 0.6) is 5.75 Å². The number of rotatable bonds is 6. The minimum Gasteiger partial charge on any atom is -0.550 e. The molecule has 0 N–H and O–H groups in total. The standard InChI is InChI=1S/C25H30ClF3N4O4/c1-3-32-12-17(26)21-18(32)8-16(9-19(21)36-15-25(27,28)29)11-31-13-24(14-31)10-20(30-37-24)33-6-4-23(2,5-7-33)22(34)35/h8-9,12H,3-7,10-11,13-15H2,1-2H3,(H,34,35)/p-1. The van der Waals surface area contributed by atoms with E-state index in [-0.39, 0.29) is 5.75 Å². The number of aromatic nitrogens is 1. The Hall–Kier alpha value is -2.66. The van der Waals surface area contributed by atoms with Crippen molar-refractivity contribution in [2.24, 2.45) is 10.6 Å². The van der Waals surface area contributed by atoms with E-state index in [1.807, 2.05) is 17.6 Å². The zero-order valence-corrected chi connectivity index (χ0v) is 21.5. The Labute approximate surface area is 217 Å². The van der Waals surface area contributed by atoms with Crippen molar-refractivity contribution >= 4 is 34.3 Å². The van der Waals surface area contributed by atoms with Crippen LogP contribution < -0.4 is 9.84 Å². The van der Waals surface area contributed by atoms with Gasteiger partial charge in [0.1, 0.15) is 11.6 Å². The lowest BCUT2D eigenvalue weighted by Gasteiger charge is -2.46. The molecule has 3 aliphatic rings. The first kappa shape index (κ1) is 26.0. The molecule has 0 radical (unpaired) electrons. The molecule has 2 saturated heterocycles. The molecule has 3 aliphatic heterocycles. The maximum atomic E-state index is 12.9. The highest BCUT2D eigenvalue weighted by molar-refractivity contribution is 6.36. The first-order valence-electron chi connectivity index (χ1n) is 12.3. The highest BCUT2D eigenvalue weighted by Crippen LogP contribution is 2.40. The fourth-order valence-corrected chi connectivity index (χ4v) is 5.77. The first-order chi connectivity index (χ1) is 17.4. The second-order valence-corrected chi connectivity index (χ2v) is 11.0. The number of carbonyl (C=O) groups excluding carboxylic acids is 1. The monoisotopic (exact) mass is 541 g/mol. The van der Waals surface area contributed by atoms with Gasteiger partial charge in [-0.15, -0.1) is 0 Å². The number of benzene rings is 1. The van der Waals surface area contributed by atoms with Crippen LogP contribution in [0.2, 0.25) is 5.02 Å². The number of carboxylic acid groups (broad SMARTS) is 1. The van der Waals surface area contributed by atoms with Gasteiger partial charge in [0.15, 0.2) is 12.2 Å². The molecule has 2 fully saturated rings. The number of nitrogens with zero attached hydrogens (tertiary/aromatic N) is 4. The summed E-state index contributed by atoms with van der Waals surface area (Å²) in [6, 6.07) is 3.57. The van der Waals surface area contributed by atoms with E-state index in [0.29, 0.717) is 68.9 Å². The summed E-state index contributed by atoms with van der Waals surface area (Å²) in [6.45, 7) is 5.82. The quantitative estimate of drug-likeness (QED) is 0.557.